The van der Waals surface area contributed by atoms with Gasteiger partial charge in [-0.25, -0.2) is 22.3 Å². The summed E-state index contributed by atoms with van der Waals surface area (Å²) in [5.74, 6) is -1.38. The molecule has 2 amide bonds. The Bertz CT molecular complexity index is 1270. The summed E-state index contributed by atoms with van der Waals surface area (Å²) in [6.45, 7) is 11.5. The molecule has 2 aromatic rings. The van der Waals surface area contributed by atoms with E-state index in [2.05, 4.69) is 10.0 Å². The molecule has 1 aliphatic rings. The molecule has 0 aromatic heterocycles. The van der Waals surface area contributed by atoms with Gasteiger partial charge in [0, 0.05) is 30.4 Å². The third kappa shape index (κ3) is 7.29. The summed E-state index contributed by atoms with van der Waals surface area (Å²) in [7, 11) is -4.16. The molecule has 0 bridgehead atoms. The Morgan fingerprint density at radius 2 is 1.70 bits per heavy atom. The minimum atomic E-state index is -4.16. The second kappa shape index (κ2) is 11.2. The monoisotopic (exact) mass is 533 g/mol. The molecule has 0 unspecified atom stereocenters. The molecule has 0 radical (unpaired) electrons. The average molecular weight is 534 g/mol. The van der Waals surface area contributed by atoms with E-state index in [4.69, 9.17) is 4.74 Å². The maximum atomic E-state index is 15.0. The minimum Gasteiger partial charge on any atom is -0.444 e. The Morgan fingerprint density at radius 3 is 2.30 bits per heavy atom. The van der Waals surface area contributed by atoms with E-state index in [1.807, 2.05) is 6.07 Å². The number of hydrogen-bond donors (Lipinski definition) is 2. The van der Waals surface area contributed by atoms with Crippen LogP contribution in [0.4, 0.5) is 14.9 Å². The van der Waals surface area contributed by atoms with E-state index in [9.17, 15) is 22.4 Å². The van der Waals surface area contributed by atoms with Crippen LogP contribution in [0, 0.1) is 25.6 Å². The van der Waals surface area contributed by atoms with Crippen LogP contribution in [0.1, 0.15) is 62.0 Å². The van der Waals surface area contributed by atoms with Crippen LogP contribution in [0.3, 0.4) is 0 Å². The van der Waals surface area contributed by atoms with Crippen molar-refractivity contribution >= 4 is 27.7 Å². The standard InChI is InChI=1S/C27H36FN3O5S/c1-17-9-7-8-10-21(17)25(32)29-23-16-22(28)24(15-18(23)2)37(34,35)30-19(3)20-11-13-31(14-12-20)26(33)36-27(4,5)6/h7-10,15-16,19-20,30H,11-14H2,1-6H3,(H,29,32)/t19-/m1/s1. The van der Waals surface area contributed by atoms with Crippen LogP contribution < -0.4 is 10.0 Å². The molecular formula is C27H36FN3O5S. The van der Waals surface area contributed by atoms with Crippen LogP contribution in [0.25, 0.3) is 0 Å². The predicted molar refractivity (Wildman–Crippen MR) is 141 cm³/mol. The minimum absolute atomic E-state index is 0.0229. The van der Waals surface area contributed by atoms with Crippen LogP contribution in [-0.4, -0.2) is 50.1 Å². The van der Waals surface area contributed by atoms with E-state index in [0.29, 0.717) is 37.1 Å². The van der Waals surface area contributed by atoms with Gasteiger partial charge in [0.2, 0.25) is 10.0 Å². The molecule has 10 heteroatoms. The fraction of sp³-hybridized carbons (Fsp3) is 0.481. The molecule has 1 aliphatic heterocycles. The van der Waals surface area contributed by atoms with Gasteiger partial charge in [-0.1, -0.05) is 18.2 Å². The van der Waals surface area contributed by atoms with Crippen molar-refractivity contribution in [3.63, 3.8) is 0 Å². The van der Waals surface area contributed by atoms with E-state index < -0.39 is 38.3 Å². The maximum absolute atomic E-state index is 15.0. The van der Waals surface area contributed by atoms with Gasteiger partial charge in [0.05, 0.1) is 0 Å². The summed E-state index contributed by atoms with van der Waals surface area (Å²) >= 11 is 0. The molecule has 1 fully saturated rings. The molecule has 202 valence electrons. The lowest BCUT2D eigenvalue weighted by molar-refractivity contribution is 0.0174. The second-order valence-corrected chi connectivity index (χ2v) is 12.3. The van der Waals surface area contributed by atoms with Crippen molar-refractivity contribution in [1.82, 2.24) is 9.62 Å². The third-order valence-electron chi connectivity index (χ3n) is 6.45. The SMILES string of the molecule is Cc1cc(S(=O)(=O)N[C@H](C)C2CCN(C(=O)OC(C)(C)C)CC2)c(F)cc1NC(=O)c1ccccc1C. The Hall–Kier alpha value is -2.98. The van der Waals surface area contributed by atoms with Crippen LogP contribution in [-0.2, 0) is 14.8 Å². The predicted octanol–water partition coefficient (Wildman–Crippen LogP) is 5.01. The Kier molecular flexibility index (Phi) is 8.64. The number of piperidine rings is 1. The van der Waals surface area contributed by atoms with Crippen LogP contribution in [0.15, 0.2) is 41.3 Å². The van der Waals surface area contributed by atoms with Crippen molar-refractivity contribution in [3.05, 3.63) is 58.9 Å². The second-order valence-electron chi connectivity index (χ2n) is 10.6. The van der Waals surface area contributed by atoms with Crippen molar-refractivity contribution in [2.24, 2.45) is 5.92 Å². The summed E-state index contributed by atoms with van der Waals surface area (Å²) < 4.78 is 49.1. The molecule has 1 saturated heterocycles. The van der Waals surface area contributed by atoms with E-state index in [0.717, 1.165) is 11.6 Å². The van der Waals surface area contributed by atoms with Gasteiger partial charge in [-0.05, 0) is 89.6 Å². The molecule has 2 N–H and O–H groups in total. The van der Waals surface area contributed by atoms with Crippen molar-refractivity contribution in [2.75, 3.05) is 18.4 Å². The zero-order valence-electron chi connectivity index (χ0n) is 22.2. The van der Waals surface area contributed by atoms with Gasteiger partial charge in [-0.15, -0.1) is 0 Å². The molecule has 1 atom stereocenters. The summed E-state index contributed by atoms with van der Waals surface area (Å²) in [5, 5.41) is 2.67. The first kappa shape index (κ1) is 28.6. The van der Waals surface area contributed by atoms with Crippen molar-refractivity contribution in [2.45, 2.75) is 70.9 Å². The lowest BCUT2D eigenvalue weighted by Crippen LogP contribution is -2.46. The number of anilines is 1. The highest BCUT2D eigenvalue weighted by atomic mass is 32.2. The molecular weight excluding hydrogens is 497 g/mol. The number of carbonyl (C=O) groups is 2. The molecule has 0 spiro atoms. The average Bonchev–Trinajstić information content (AvgIpc) is 2.80. The number of aryl methyl sites for hydroxylation is 2. The molecule has 0 aliphatic carbocycles. The lowest BCUT2D eigenvalue weighted by Gasteiger charge is -2.35. The van der Waals surface area contributed by atoms with Crippen molar-refractivity contribution in [1.29, 1.82) is 0 Å². The first-order valence-corrected chi connectivity index (χ1v) is 13.8. The smallest absolute Gasteiger partial charge is 0.410 e. The fourth-order valence-corrected chi connectivity index (χ4v) is 5.78. The summed E-state index contributed by atoms with van der Waals surface area (Å²) in [6.07, 6.45) is 0.800. The number of carbonyl (C=O) groups excluding carboxylic acids is 2. The topological polar surface area (TPSA) is 105 Å². The normalized spacial score (nSPS) is 15.8. The van der Waals surface area contributed by atoms with Gasteiger partial charge in [-0.3, -0.25) is 4.79 Å². The number of likely N-dealkylation sites (tertiary alicyclic amines) is 1. The van der Waals surface area contributed by atoms with Crippen molar-refractivity contribution < 1.29 is 27.1 Å². The number of nitrogens with zero attached hydrogens (tertiary/aromatic N) is 1. The van der Waals surface area contributed by atoms with E-state index in [1.54, 1.807) is 64.6 Å². The van der Waals surface area contributed by atoms with Gasteiger partial charge in [0.1, 0.15) is 16.3 Å². The van der Waals surface area contributed by atoms with Gasteiger partial charge in [-0.2, -0.15) is 0 Å². The Labute approximate surface area is 218 Å². The number of nitrogens with one attached hydrogen (secondary N) is 2. The fourth-order valence-electron chi connectivity index (χ4n) is 4.33. The first-order chi connectivity index (χ1) is 17.2. The number of amides is 2. The number of benzene rings is 2. The number of hydrogen-bond acceptors (Lipinski definition) is 5. The molecule has 1 heterocycles. The Balaban J connectivity index is 1.66. The van der Waals surface area contributed by atoms with E-state index in [1.165, 1.54) is 6.07 Å². The quantitative estimate of drug-likeness (QED) is 0.543. The number of sulfonamides is 1. The number of rotatable bonds is 6. The number of halogens is 1. The molecule has 3 rings (SSSR count). The largest absolute Gasteiger partial charge is 0.444 e. The summed E-state index contributed by atoms with van der Waals surface area (Å²) in [5.41, 5.74) is 1.26. The van der Waals surface area contributed by atoms with Crippen LogP contribution >= 0.6 is 0 Å². The highest BCUT2D eigenvalue weighted by molar-refractivity contribution is 7.89. The summed E-state index contributed by atoms with van der Waals surface area (Å²) in [6, 6.07) is 8.80. The molecule has 0 saturated carbocycles. The highest BCUT2D eigenvalue weighted by Gasteiger charge is 2.32. The van der Waals surface area contributed by atoms with Gasteiger partial charge < -0.3 is 15.0 Å². The van der Waals surface area contributed by atoms with E-state index >= 15 is 0 Å². The number of ether oxygens (including phenoxy) is 1. The van der Waals surface area contributed by atoms with Gasteiger partial charge >= 0.3 is 6.09 Å². The van der Waals surface area contributed by atoms with E-state index in [-0.39, 0.29) is 17.7 Å². The summed E-state index contributed by atoms with van der Waals surface area (Å²) in [4.78, 5) is 26.1. The zero-order chi connectivity index (χ0) is 27.5. The van der Waals surface area contributed by atoms with Crippen LogP contribution in [0.5, 0.6) is 0 Å². The van der Waals surface area contributed by atoms with Gasteiger partial charge in [0.25, 0.3) is 5.91 Å². The first-order valence-electron chi connectivity index (χ1n) is 12.4. The molecule has 37 heavy (non-hydrogen) atoms. The van der Waals surface area contributed by atoms with Crippen molar-refractivity contribution in [3.8, 4) is 0 Å². The maximum Gasteiger partial charge on any atom is 0.410 e. The zero-order valence-corrected chi connectivity index (χ0v) is 23.0. The third-order valence-corrected chi connectivity index (χ3v) is 8.02. The molecule has 2 aromatic carbocycles. The van der Waals surface area contributed by atoms with Crippen LogP contribution in [0.2, 0.25) is 0 Å². The highest BCUT2D eigenvalue weighted by Crippen LogP contribution is 2.27. The lowest BCUT2D eigenvalue weighted by atomic mass is 9.91. The molecule has 8 nitrogen and oxygen atoms in total. The van der Waals surface area contributed by atoms with Gasteiger partial charge in [0.15, 0.2) is 0 Å². The Morgan fingerprint density at radius 1 is 1.08 bits per heavy atom.